The summed E-state index contributed by atoms with van der Waals surface area (Å²) in [5, 5.41) is 11.1. The molecule has 2 rings (SSSR count). The third-order valence-electron chi connectivity index (χ3n) is 2.08. The molecular weight excluding hydrogens is 328 g/mol. The molecule has 1 N–H and O–H groups in total. The van der Waals surface area contributed by atoms with Gasteiger partial charge in [-0.15, -0.1) is 11.3 Å². The van der Waals surface area contributed by atoms with E-state index in [1.54, 1.807) is 11.3 Å². The van der Waals surface area contributed by atoms with Crippen molar-refractivity contribution in [1.29, 1.82) is 0 Å². The maximum absolute atomic E-state index is 9.08. The van der Waals surface area contributed by atoms with Gasteiger partial charge in [0.05, 0.1) is 6.61 Å². The predicted molar refractivity (Wildman–Crippen MR) is 68.1 cm³/mol. The lowest BCUT2D eigenvalue weighted by Gasteiger charge is -1.99. The van der Waals surface area contributed by atoms with Gasteiger partial charge in [0.25, 0.3) is 0 Å². The fraction of sp³-hybridized carbons (Fsp3) is 0.200. The number of aliphatic hydroxyl groups excluding tert-OH is 1. The van der Waals surface area contributed by atoms with E-state index in [4.69, 9.17) is 5.11 Å². The van der Waals surface area contributed by atoms with Gasteiger partial charge in [-0.05, 0) is 39.0 Å². The van der Waals surface area contributed by atoms with E-state index in [-0.39, 0.29) is 6.61 Å². The second-order valence-corrected chi connectivity index (χ2v) is 5.51. The molecule has 2 aromatic rings. The van der Waals surface area contributed by atoms with Crippen LogP contribution >= 0.6 is 43.2 Å². The van der Waals surface area contributed by atoms with Crippen LogP contribution in [-0.4, -0.2) is 5.11 Å². The summed E-state index contributed by atoms with van der Waals surface area (Å²) < 4.78 is 2.31. The van der Waals surface area contributed by atoms with Crippen molar-refractivity contribution in [2.24, 2.45) is 0 Å². The lowest BCUT2D eigenvalue weighted by molar-refractivity contribution is 0.285. The van der Waals surface area contributed by atoms with Gasteiger partial charge in [0.2, 0.25) is 0 Å². The number of fused-ring (bicyclic) bond motifs is 1. The molecule has 0 spiro atoms. The van der Waals surface area contributed by atoms with Crippen LogP contribution in [0.2, 0.25) is 0 Å². The quantitative estimate of drug-likeness (QED) is 0.821. The van der Waals surface area contributed by atoms with Gasteiger partial charge in [0.1, 0.15) is 0 Å². The molecule has 0 atom stereocenters. The van der Waals surface area contributed by atoms with Gasteiger partial charge in [0.15, 0.2) is 0 Å². The number of benzene rings is 1. The van der Waals surface area contributed by atoms with Gasteiger partial charge < -0.3 is 5.11 Å². The molecule has 0 saturated heterocycles. The van der Waals surface area contributed by atoms with Gasteiger partial charge in [-0.3, -0.25) is 0 Å². The van der Waals surface area contributed by atoms with E-state index in [1.165, 1.54) is 15.6 Å². The number of hydrogen-bond donors (Lipinski definition) is 1. The van der Waals surface area contributed by atoms with E-state index in [0.29, 0.717) is 0 Å². The molecule has 0 radical (unpaired) electrons. The highest BCUT2D eigenvalue weighted by molar-refractivity contribution is 9.10. The van der Waals surface area contributed by atoms with E-state index in [0.717, 1.165) is 14.7 Å². The van der Waals surface area contributed by atoms with Gasteiger partial charge in [0, 0.05) is 19.4 Å². The van der Waals surface area contributed by atoms with Crippen LogP contribution < -0.4 is 0 Å². The molecule has 1 aromatic heterocycles. The van der Waals surface area contributed by atoms with Crippen LogP contribution in [0.5, 0.6) is 0 Å². The lowest BCUT2D eigenvalue weighted by Crippen LogP contribution is -1.78. The number of hydrogen-bond acceptors (Lipinski definition) is 2. The zero-order chi connectivity index (χ0) is 10.1. The van der Waals surface area contributed by atoms with Crippen LogP contribution in [0.15, 0.2) is 22.7 Å². The number of aliphatic hydroxyl groups is 1. The van der Waals surface area contributed by atoms with Crippen LogP contribution in [-0.2, 0) is 11.9 Å². The maximum atomic E-state index is 9.08. The van der Waals surface area contributed by atoms with Crippen molar-refractivity contribution >= 4 is 53.3 Å². The second kappa shape index (κ2) is 4.31. The number of rotatable bonds is 2. The Bertz CT molecular complexity index is 464. The minimum atomic E-state index is 0.119. The third-order valence-corrected chi connectivity index (χ3v) is 4.76. The normalized spacial score (nSPS) is 11.1. The summed E-state index contributed by atoms with van der Waals surface area (Å²) in [6.07, 6.45) is 0. The summed E-state index contributed by atoms with van der Waals surface area (Å²) in [5.41, 5.74) is 1.26. The first-order valence-corrected chi connectivity index (χ1v) is 6.86. The van der Waals surface area contributed by atoms with E-state index < -0.39 is 0 Å². The Balaban J connectivity index is 2.74. The molecule has 74 valence electrons. The Labute approximate surface area is 103 Å². The third kappa shape index (κ3) is 1.76. The number of halogens is 2. The Morgan fingerprint density at radius 2 is 2.14 bits per heavy atom. The molecular formula is C10H8Br2OS. The van der Waals surface area contributed by atoms with Crippen LogP contribution in [0.3, 0.4) is 0 Å². The molecule has 1 aromatic carbocycles. The number of alkyl halides is 1. The number of thiophene rings is 1. The van der Waals surface area contributed by atoms with E-state index in [1.807, 2.05) is 0 Å². The summed E-state index contributed by atoms with van der Waals surface area (Å²) in [4.78, 5) is 1.01. The molecule has 14 heavy (non-hydrogen) atoms. The standard InChI is InChI=1S/C10H8Br2OS/c11-4-6-1-2-9(12)10-8(6)3-7(5-13)14-10/h1-3,13H,4-5H2. The van der Waals surface area contributed by atoms with Crippen molar-refractivity contribution in [2.45, 2.75) is 11.9 Å². The monoisotopic (exact) mass is 334 g/mol. The first-order chi connectivity index (χ1) is 6.76. The Kier molecular flexibility index (Phi) is 3.27. The molecule has 1 nitrogen and oxygen atoms in total. The summed E-state index contributed by atoms with van der Waals surface area (Å²) in [7, 11) is 0. The fourth-order valence-corrected chi connectivity index (χ4v) is 3.44. The summed E-state index contributed by atoms with van der Waals surface area (Å²) in [5.74, 6) is 0. The van der Waals surface area contributed by atoms with Crippen LogP contribution in [0.25, 0.3) is 10.1 Å². The first kappa shape index (κ1) is 10.6. The summed E-state index contributed by atoms with van der Waals surface area (Å²) in [6.45, 7) is 0.119. The molecule has 0 saturated carbocycles. The zero-order valence-electron chi connectivity index (χ0n) is 7.26. The lowest BCUT2D eigenvalue weighted by atomic mass is 10.1. The Morgan fingerprint density at radius 1 is 1.36 bits per heavy atom. The molecule has 0 aliphatic heterocycles. The van der Waals surface area contributed by atoms with Crippen molar-refractivity contribution < 1.29 is 5.11 Å². The van der Waals surface area contributed by atoms with Crippen LogP contribution in [0, 0.1) is 0 Å². The average molecular weight is 336 g/mol. The largest absolute Gasteiger partial charge is 0.391 e. The predicted octanol–water partition coefficient (Wildman–Crippen LogP) is 4.05. The van der Waals surface area contributed by atoms with Gasteiger partial charge >= 0.3 is 0 Å². The van der Waals surface area contributed by atoms with Crippen LogP contribution in [0.1, 0.15) is 10.4 Å². The Hall–Kier alpha value is 0.1000. The van der Waals surface area contributed by atoms with Crippen molar-refractivity contribution in [1.82, 2.24) is 0 Å². The molecule has 0 amide bonds. The molecule has 0 unspecified atom stereocenters. The first-order valence-electron chi connectivity index (χ1n) is 4.13. The van der Waals surface area contributed by atoms with Crippen molar-refractivity contribution in [3.8, 4) is 0 Å². The highest BCUT2D eigenvalue weighted by Crippen LogP contribution is 2.35. The van der Waals surface area contributed by atoms with E-state index in [2.05, 4.69) is 50.1 Å². The van der Waals surface area contributed by atoms with Crippen molar-refractivity contribution in [3.05, 3.63) is 33.1 Å². The molecule has 0 fully saturated rings. The summed E-state index contributed by atoms with van der Waals surface area (Å²) >= 11 is 8.61. The maximum Gasteiger partial charge on any atom is 0.0774 e. The molecule has 0 aliphatic rings. The molecule has 1 heterocycles. The highest BCUT2D eigenvalue weighted by atomic mass is 79.9. The average Bonchev–Trinajstić information content (AvgIpc) is 2.63. The van der Waals surface area contributed by atoms with Crippen LogP contribution in [0.4, 0.5) is 0 Å². The highest BCUT2D eigenvalue weighted by Gasteiger charge is 2.07. The van der Waals surface area contributed by atoms with Gasteiger partial charge in [-0.2, -0.15) is 0 Å². The minimum absolute atomic E-state index is 0.119. The minimum Gasteiger partial charge on any atom is -0.391 e. The van der Waals surface area contributed by atoms with E-state index in [9.17, 15) is 0 Å². The smallest absolute Gasteiger partial charge is 0.0774 e. The summed E-state index contributed by atoms with van der Waals surface area (Å²) in [6, 6.07) is 6.20. The Morgan fingerprint density at radius 3 is 2.79 bits per heavy atom. The fourth-order valence-electron chi connectivity index (χ4n) is 1.39. The van der Waals surface area contributed by atoms with Gasteiger partial charge in [-0.25, -0.2) is 0 Å². The van der Waals surface area contributed by atoms with Gasteiger partial charge in [-0.1, -0.05) is 22.0 Å². The molecule has 0 bridgehead atoms. The zero-order valence-corrected chi connectivity index (χ0v) is 11.2. The van der Waals surface area contributed by atoms with Crippen molar-refractivity contribution in [3.63, 3.8) is 0 Å². The molecule has 0 aliphatic carbocycles. The van der Waals surface area contributed by atoms with E-state index >= 15 is 0 Å². The van der Waals surface area contributed by atoms with Crippen molar-refractivity contribution in [2.75, 3.05) is 0 Å². The second-order valence-electron chi connectivity index (χ2n) is 2.95. The topological polar surface area (TPSA) is 20.2 Å². The SMILES string of the molecule is OCc1cc2c(CBr)ccc(Br)c2s1. The molecule has 4 heteroatoms.